The second-order valence-electron chi connectivity index (χ2n) is 16.8. The Hall–Kier alpha value is -5.68. The molecular formula is C47H55ClFN9O6. The maximum Gasteiger partial charge on any atom is 0.255 e. The number of benzene rings is 3. The number of rotatable bonds is 17. The Labute approximate surface area is 377 Å². The fourth-order valence-electron chi connectivity index (χ4n) is 9.13. The first-order valence-electron chi connectivity index (χ1n) is 22.2. The Balaban J connectivity index is 0.701. The lowest BCUT2D eigenvalue weighted by atomic mass is 10.0. The van der Waals surface area contributed by atoms with Gasteiger partial charge in [-0.1, -0.05) is 36.6 Å². The van der Waals surface area contributed by atoms with Crippen LogP contribution in [0.3, 0.4) is 0 Å². The highest BCUT2D eigenvalue weighted by atomic mass is 35.5. The molecule has 338 valence electrons. The molecule has 15 nitrogen and oxygen atoms in total. The maximum atomic E-state index is 13.7. The van der Waals surface area contributed by atoms with Crippen LogP contribution in [0.1, 0.15) is 67.3 Å². The molecule has 64 heavy (non-hydrogen) atoms. The van der Waals surface area contributed by atoms with Crippen LogP contribution >= 0.6 is 11.6 Å². The standard InChI is InChI=1S/C47H55ClFN9O6/c1-63-42-28-38-34(45(51-30-50-38)52-31-11-12-37(49)36(48)26-31)27-39(42)53-43(59)10-7-18-55-19-15-32(16-20-55)57-23-21-56(22-24-57)17-4-2-3-5-25-64-41-9-6-8-33-35(41)29-58(47(33)62)40-13-14-44(60)54-46(40)61/h6-12,26-28,30,32,40H,2-5,13-25,29H2,1H3,(H,53,59)(H,50,51,52)(H,54,60,61)/b10-7+. The van der Waals surface area contributed by atoms with Crippen LogP contribution in [0.15, 0.2) is 67.0 Å². The van der Waals surface area contributed by atoms with E-state index in [1.807, 2.05) is 18.2 Å². The van der Waals surface area contributed by atoms with Crippen LogP contribution in [0.5, 0.6) is 11.5 Å². The molecule has 4 aliphatic heterocycles. The second kappa shape index (κ2) is 20.9. The summed E-state index contributed by atoms with van der Waals surface area (Å²) in [6, 6.07) is 13.2. The molecule has 4 amide bonds. The van der Waals surface area contributed by atoms with Crippen LogP contribution < -0.4 is 25.4 Å². The molecule has 0 saturated carbocycles. The summed E-state index contributed by atoms with van der Waals surface area (Å²) in [6.45, 7) is 9.01. The molecule has 1 unspecified atom stereocenters. The van der Waals surface area contributed by atoms with Gasteiger partial charge in [0.05, 0.1) is 36.5 Å². The number of aromatic nitrogens is 2. The lowest BCUT2D eigenvalue weighted by molar-refractivity contribution is -0.137. The third-order valence-corrected chi connectivity index (χ3v) is 13.0. The third kappa shape index (κ3) is 10.8. The van der Waals surface area contributed by atoms with Crippen molar-refractivity contribution in [2.24, 2.45) is 0 Å². The minimum atomic E-state index is -0.636. The van der Waals surface area contributed by atoms with E-state index in [4.69, 9.17) is 21.1 Å². The van der Waals surface area contributed by atoms with Crippen molar-refractivity contribution in [1.82, 2.24) is 34.9 Å². The van der Waals surface area contributed by atoms with E-state index in [9.17, 15) is 23.6 Å². The number of fused-ring (bicyclic) bond motifs is 2. The number of unbranched alkanes of at least 4 members (excludes halogenated alkanes) is 3. The summed E-state index contributed by atoms with van der Waals surface area (Å²) in [5, 5.41) is 9.08. The van der Waals surface area contributed by atoms with E-state index in [0.29, 0.717) is 77.3 Å². The van der Waals surface area contributed by atoms with Gasteiger partial charge in [-0.2, -0.15) is 0 Å². The zero-order chi connectivity index (χ0) is 44.6. The Morgan fingerprint density at radius 1 is 0.938 bits per heavy atom. The maximum absolute atomic E-state index is 13.7. The van der Waals surface area contributed by atoms with Crippen LogP contribution in [-0.4, -0.2) is 131 Å². The molecule has 1 atom stereocenters. The van der Waals surface area contributed by atoms with Crippen molar-refractivity contribution in [2.45, 2.75) is 70.0 Å². The molecule has 3 saturated heterocycles. The fourth-order valence-corrected chi connectivity index (χ4v) is 9.31. The van der Waals surface area contributed by atoms with E-state index in [1.54, 1.807) is 35.2 Å². The molecule has 0 spiro atoms. The monoisotopic (exact) mass is 895 g/mol. The zero-order valence-corrected chi connectivity index (χ0v) is 36.9. The zero-order valence-electron chi connectivity index (χ0n) is 36.1. The Morgan fingerprint density at radius 2 is 1.75 bits per heavy atom. The summed E-state index contributed by atoms with van der Waals surface area (Å²) < 4.78 is 25.4. The highest BCUT2D eigenvalue weighted by Gasteiger charge is 2.40. The van der Waals surface area contributed by atoms with Gasteiger partial charge in [-0.25, -0.2) is 14.4 Å². The summed E-state index contributed by atoms with van der Waals surface area (Å²) >= 11 is 5.98. The van der Waals surface area contributed by atoms with Crippen LogP contribution in [-0.2, 0) is 20.9 Å². The molecule has 1 aromatic heterocycles. The molecule has 0 radical (unpaired) electrons. The van der Waals surface area contributed by atoms with Gasteiger partial charge in [-0.05, 0) is 88.1 Å². The first-order chi connectivity index (χ1) is 31.1. The topological polar surface area (TPSA) is 162 Å². The molecule has 17 heteroatoms. The average molecular weight is 896 g/mol. The van der Waals surface area contributed by atoms with Crippen molar-refractivity contribution in [1.29, 1.82) is 0 Å². The largest absolute Gasteiger partial charge is 0.494 e. The normalized spacial score (nSPS) is 19.0. The lowest BCUT2D eigenvalue weighted by Crippen LogP contribution is -2.53. The number of anilines is 3. The predicted octanol–water partition coefficient (Wildman–Crippen LogP) is 6.15. The number of piperazine rings is 1. The van der Waals surface area contributed by atoms with Crippen molar-refractivity contribution in [3.05, 3.63) is 89.0 Å². The Kier molecular flexibility index (Phi) is 14.7. The number of carbonyl (C=O) groups is 4. The van der Waals surface area contributed by atoms with Crippen molar-refractivity contribution in [3.8, 4) is 11.5 Å². The number of carbonyl (C=O) groups excluding carboxylic acids is 4. The van der Waals surface area contributed by atoms with Crippen molar-refractivity contribution in [3.63, 3.8) is 0 Å². The van der Waals surface area contributed by atoms with Gasteiger partial charge < -0.3 is 29.9 Å². The molecule has 3 aromatic carbocycles. The number of nitrogens with zero attached hydrogens (tertiary/aromatic N) is 6. The summed E-state index contributed by atoms with van der Waals surface area (Å²) in [4.78, 5) is 68.1. The molecular weight excluding hydrogens is 841 g/mol. The summed E-state index contributed by atoms with van der Waals surface area (Å²) in [7, 11) is 1.53. The smallest absolute Gasteiger partial charge is 0.255 e. The second-order valence-corrected chi connectivity index (χ2v) is 17.2. The summed E-state index contributed by atoms with van der Waals surface area (Å²) in [5.41, 5.74) is 3.02. The van der Waals surface area contributed by atoms with Gasteiger partial charge in [0, 0.05) is 79.5 Å². The number of amides is 4. The first-order valence-corrected chi connectivity index (χ1v) is 22.6. The van der Waals surface area contributed by atoms with Gasteiger partial charge in [0.2, 0.25) is 17.7 Å². The number of nitrogens with one attached hydrogen (secondary N) is 3. The van der Waals surface area contributed by atoms with E-state index < -0.39 is 17.8 Å². The van der Waals surface area contributed by atoms with Crippen LogP contribution in [0.25, 0.3) is 10.9 Å². The number of hydrogen-bond donors (Lipinski definition) is 3. The highest BCUT2D eigenvalue weighted by Crippen LogP contribution is 2.35. The van der Waals surface area contributed by atoms with Crippen LogP contribution in [0.4, 0.5) is 21.6 Å². The lowest BCUT2D eigenvalue weighted by Gasteiger charge is -2.42. The predicted molar refractivity (Wildman–Crippen MR) is 242 cm³/mol. The number of ether oxygens (including phenoxy) is 2. The van der Waals surface area contributed by atoms with Crippen LogP contribution in [0, 0.1) is 5.82 Å². The third-order valence-electron chi connectivity index (χ3n) is 12.7. The molecule has 5 heterocycles. The summed E-state index contributed by atoms with van der Waals surface area (Å²) in [6.07, 6.45) is 12.0. The van der Waals surface area contributed by atoms with Gasteiger partial charge >= 0.3 is 0 Å². The number of methoxy groups -OCH3 is 1. The van der Waals surface area contributed by atoms with Gasteiger partial charge in [0.25, 0.3) is 5.91 Å². The van der Waals surface area contributed by atoms with E-state index in [1.165, 1.54) is 25.6 Å². The minimum Gasteiger partial charge on any atom is -0.494 e. The van der Waals surface area contributed by atoms with Gasteiger partial charge in [-0.15, -0.1) is 0 Å². The fraction of sp³-hybridized carbons (Fsp3) is 0.447. The van der Waals surface area contributed by atoms with E-state index in [0.717, 1.165) is 89.9 Å². The van der Waals surface area contributed by atoms with Gasteiger partial charge in [-0.3, -0.25) is 34.3 Å². The minimum absolute atomic E-state index is 0.0105. The number of piperidine rings is 2. The van der Waals surface area contributed by atoms with Gasteiger partial charge in [0.1, 0.15) is 35.5 Å². The molecule has 0 aliphatic carbocycles. The van der Waals surface area contributed by atoms with Crippen molar-refractivity contribution >= 4 is 63.3 Å². The van der Waals surface area contributed by atoms with Crippen molar-refractivity contribution < 1.29 is 33.0 Å². The molecule has 3 N–H and O–H groups in total. The first kappa shape index (κ1) is 44.9. The molecule has 3 fully saturated rings. The molecule has 0 bridgehead atoms. The average Bonchev–Trinajstić information content (AvgIpc) is 3.63. The number of imide groups is 1. The Morgan fingerprint density at radius 3 is 2.53 bits per heavy atom. The van der Waals surface area contributed by atoms with Crippen molar-refractivity contribution in [2.75, 3.05) is 76.7 Å². The number of likely N-dealkylation sites (tertiary alicyclic amines) is 1. The molecule has 4 aliphatic rings. The quantitative estimate of drug-likeness (QED) is 0.0631. The van der Waals surface area contributed by atoms with E-state index in [-0.39, 0.29) is 29.2 Å². The van der Waals surface area contributed by atoms with Gasteiger partial charge in [0.15, 0.2) is 0 Å². The van der Waals surface area contributed by atoms with Crippen LogP contribution in [0.2, 0.25) is 5.02 Å². The number of halogens is 2. The molecule has 8 rings (SSSR count). The Bertz CT molecular complexity index is 2390. The molecule has 4 aromatic rings. The van der Waals surface area contributed by atoms with E-state index in [2.05, 4.69) is 40.6 Å². The van der Waals surface area contributed by atoms with E-state index >= 15 is 0 Å². The highest BCUT2D eigenvalue weighted by molar-refractivity contribution is 6.31. The summed E-state index contributed by atoms with van der Waals surface area (Å²) in [5.74, 6) is -0.0576. The number of hydrogen-bond acceptors (Lipinski definition) is 12. The SMILES string of the molecule is COc1cc2ncnc(Nc3ccc(F)c(Cl)c3)c2cc1NC(=O)/C=C/CN1CCC(N2CCN(CCCCCCOc3cccc4c3CN(C3CCC(=O)NC3=O)C4=O)CC2)CC1.